The van der Waals surface area contributed by atoms with Gasteiger partial charge in [0.15, 0.2) is 0 Å². The summed E-state index contributed by atoms with van der Waals surface area (Å²) in [5.41, 5.74) is 2.88. The van der Waals surface area contributed by atoms with Crippen LogP contribution in [0.3, 0.4) is 0 Å². The first-order valence-electron chi connectivity index (χ1n) is 13.6. The molecule has 0 heterocycles. The minimum absolute atomic E-state index is 0.130. The van der Waals surface area contributed by atoms with Gasteiger partial charge in [0.2, 0.25) is 5.91 Å². The lowest BCUT2D eigenvalue weighted by Crippen LogP contribution is -2.16. The SMILES string of the molecule is CCOc1cc(NC(=O)c2ccccc2)c(OCC)cc1NC(=O)CCCOc1ccc(C(C)(C)CC)cc1. The van der Waals surface area contributed by atoms with E-state index in [-0.39, 0.29) is 23.7 Å². The van der Waals surface area contributed by atoms with Crippen LogP contribution in [0.1, 0.15) is 69.8 Å². The third-order valence-electron chi connectivity index (χ3n) is 6.58. The Kier molecular flexibility index (Phi) is 10.8. The Hall–Kier alpha value is -4.00. The van der Waals surface area contributed by atoms with E-state index < -0.39 is 0 Å². The van der Waals surface area contributed by atoms with Crippen LogP contribution in [-0.4, -0.2) is 31.6 Å². The zero-order valence-corrected chi connectivity index (χ0v) is 23.6. The van der Waals surface area contributed by atoms with Crippen LogP contribution in [0.15, 0.2) is 66.7 Å². The number of carbonyl (C=O) groups is 2. The van der Waals surface area contributed by atoms with E-state index in [1.54, 1.807) is 36.4 Å². The standard InChI is InChI=1S/C32H40N2O5/c1-6-32(4,5)24-16-18-25(19-17-24)39-20-12-15-30(35)33-26-21-29(38-8-3)27(22-28(26)37-7-2)34-31(36)23-13-10-9-11-14-23/h9-11,13-14,16-19,21-22H,6-8,12,15,20H2,1-5H3,(H,33,35)(H,34,36). The number of hydrogen-bond acceptors (Lipinski definition) is 5. The molecule has 0 aliphatic heterocycles. The molecule has 0 aromatic heterocycles. The van der Waals surface area contributed by atoms with Gasteiger partial charge >= 0.3 is 0 Å². The number of ether oxygens (including phenoxy) is 3. The molecule has 3 rings (SSSR count). The molecule has 3 aromatic rings. The second kappa shape index (κ2) is 14.2. The van der Waals surface area contributed by atoms with Crippen molar-refractivity contribution in [1.82, 2.24) is 0 Å². The molecule has 0 aliphatic carbocycles. The molecule has 7 nitrogen and oxygen atoms in total. The first-order chi connectivity index (χ1) is 18.8. The topological polar surface area (TPSA) is 85.9 Å². The maximum atomic E-state index is 12.8. The highest BCUT2D eigenvalue weighted by Gasteiger charge is 2.18. The van der Waals surface area contributed by atoms with Crippen molar-refractivity contribution in [3.63, 3.8) is 0 Å². The molecule has 0 fully saturated rings. The summed E-state index contributed by atoms with van der Waals surface area (Å²) in [6, 6.07) is 20.5. The van der Waals surface area contributed by atoms with E-state index in [0.717, 1.165) is 12.2 Å². The highest BCUT2D eigenvalue weighted by Crippen LogP contribution is 2.37. The second-order valence-corrected chi connectivity index (χ2v) is 9.79. The summed E-state index contributed by atoms with van der Waals surface area (Å²) in [5, 5.41) is 5.81. The summed E-state index contributed by atoms with van der Waals surface area (Å²) in [4.78, 5) is 25.5. The fraction of sp³-hybridized carbons (Fsp3) is 0.375. The van der Waals surface area contributed by atoms with Gasteiger partial charge in [0, 0.05) is 24.1 Å². The van der Waals surface area contributed by atoms with Gasteiger partial charge in [-0.25, -0.2) is 0 Å². The van der Waals surface area contributed by atoms with E-state index in [0.29, 0.717) is 54.7 Å². The van der Waals surface area contributed by atoms with Gasteiger partial charge in [-0.15, -0.1) is 0 Å². The molecule has 208 valence electrons. The highest BCUT2D eigenvalue weighted by atomic mass is 16.5. The summed E-state index contributed by atoms with van der Waals surface area (Å²) in [6.45, 7) is 11.6. The number of nitrogens with one attached hydrogen (secondary N) is 2. The number of hydrogen-bond donors (Lipinski definition) is 2. The minimum Gasteiger partial charge on any atom is -0.494 e. The van der Waals surface area contributed by atoms with Crippen molar-refractivity contribution < 1.29 is 23.8 Å². The average molecular weight is 533 g/mol. The predicted molar refractivity (Wildman–Crippen MR) is 156 cm³/mol. The van der Waals surface area contributed by atoms with Crippen molar-refractivity contribution in [1.29, 1.82) is 0 Å². The molecular weight excluding hydrogens is 492 g/mol. The summed E-state index contributed by atoms with van der Waals surface area (Å²) in [7, 11) is 0. The maximum Gasteiger partial charge on any atom is 0.255 e. The van der Waals surface area contributed by atoms with Crippen molar-refractivity contribution in [2.75, 3.05) is 30.5 Å². The van der Waals surface area contributed by atoms with Crippen LogP contribution in [0.4, 0.5) is 11.4 Å². The Morgan fingerprint density at radius 2 is 1.36 bits per heavy atom. The van der Waals surface area contributed by atoms with Crippen molar-refractivity contribution >= 4 is 23.2 Å². The molecule has 0 saturated heterocycles. The molecule has 0 bridgehead atoms. The molecule has 0 spiro atoms. The Balaban J connectivity index is 1.61. The lowest BCUT2D eigenvalue weighted by atomic mass is 9.82. The maximum absolute atomic E-state index is 12.8. The van der Waals surface area contributed by atoms with Crippen LogP contribution in [-0.2, 0) is 10.2 Å². The lowest BCUT2D eigenvalue weighted by Gasteiger charge is -2.23. The van der Waals surface area contributed by atoms with Gasteiger partial charge in [-0.05, 0) is 61.9 Å². The van der Waals surface area contributed by atoms with Crippen LogP contribution in [0, 0.1) is 0 Å². The Bertz CT molecular complexity index is 1220. The van der Waals surface area contributed by atoms with Crippen molar-refractivity contribution in [2.45, 2.75) is 59.3 Å². The molecule has 0 unspecified atom stereocenters. The Morgan fingerprint density at radius 1 is 0.769 bits per heavy atom. The normalized spacial score (nSPS) is 11.0. The summed E-state index contributed by atoms with van der Waals surface area (Å²) in [6.07, 6.45) is 1.90. The third-order valence-corrected chi connectivity index (χ3v) is 6.58. The summed E-state index contributed by atoms with van der Waals surface area (Å²) in [5.74, 6) is 1.25. The van der Waals surface area contributed by atoms with Gasteiger partial charge < -0.3 is 24.8 Å². The zero-order chi connectivity index (χ0) is 28.3. The third kappa shape index (κ3) is 8.50. The molecule has 0 atom stereocenters. The average Bonchev–Trinajstić information content (AvgIpc) is 2.94. The highest BCUT2D eigenvalue weighted by molar-refractivity contribution is 6.05. The number of benzene rings is 3. The molecule has 2 N–H and O–H groups in total. The molecule has 39 heavy (non-hydrogen) atoms. The molecule has 0 aliphatic rings. The van der Waals surface area contributed by atoms with Crippen molar-refractivity contribution in [3.05, 3.63) is 77.9 Å². The van der Waals surface area contributed by atoms with Gasteiger partial charge in [0.05, 0.1) is 31.2 Å². The van der Waals surface area contributed by atoms with E-state index in [9.17, 15) is 9.59 Å². The molecular formula is C32H40N2O5. The molecule has 0 saturated carbocycles. The number of rotatable bonds is 14. The van der Waals surface area contributed by atoms with Gasteiger partial charge in [-0.3, -0.25) is 9.59 Å². The van der Waals surface area contributed by atoms with E-state index in [1.807, 2.05) is 32.0 Å². The fourth-order valence-electron chi connectivity index (χ4n) is 3.93. The summed E-state index contributed by atoms with van der Waals surface area (Å²) < 4.78 is 17.4. The van der Waals surface area contributed by atoms with Crippen LogP contribution >= 0.6 is 0 Å². The van der Waals surface area contributed by atoms with Crippen LogP contribution < -0.4 is 24.8 Å². The van der Waals surface area contributed by atoms with Gasteiger partial charge in [0.25, 0.3) is 5.91 Å². The monoisotopic (exact) mass is 532 g/mol. The molecule has 0 radical (unpaired) electrons. The number of anilines is 2. The first kappa shape index (κ1) is 29.6. The molecule has 2 amide bonds. The lowest BCUT2D eigenvalue weighted by molar-refractivity contribution is -0.116. The van der Waals surface area contributed by atoms with E-state index in [4.69, 9.17) is 14.2 Å². The number of carbonyl (C=O) groups excluding carboxylic acids is 2. The smallest absolute Gasteiger partial charge is 0.255 e. The van der Waals surface area contributed by atoms with E-state index in [1.165, 1.54) is 5.56 Å². The van der Waals surface area contributed by atoms with Gasteiger partial charge in [0.1, 0.15) is 17.2 Å². The Morgan fingerprint density at radius 3 is 1.92 bits per heavy atom. The fourth-order valence-corrected chi connectivity index (χ4v) is 3.93. The van der Waals surface area contributed by atoms with E-state index in [2.05, 4.69) is 43.5 Å². The second-order valence-electron chi connectivity index (χ2n) is 9.79. The molecule has 7 heteroatoms. The quantitative estimate of drug-likeness (QED) is 0.214. The van der Waals surface area contributed by atoms with Crippen molar-refractivity contribution in [3.8, 4) is 17.2 Å². The van der Waals surface area contributed by atoms with Gasteiger partial charge in [-0.1, -0.05) is 51.1 Å². The van der Waals surface area contributed by atoms with Crippen molar-refractivity contribution in [2.24, 2.45) is 0 Å². The van der Waals surface area contributed by atoms with Gasteiger partial charge in [-0.2, -0.15) is 0 Å². The minimum atomic E-state index is -0.264. The predicted octanol–water partition coefficient (Wildman–Crippen LogP) is 7.22. The van der Waals surface area contributed by atoms with Crippen LogP contribution in [0.5, 0.6) is 17.2 Å². The van der Waals surface area contributed by atoms with Crippen LogP contribution in [0.2, 0.25) is 0 Å². The van der Waals surface area contributed by atoms with Crippen LogP contribution in [0.25, 0.3) is 0 Å². The zero-order valence-electron chi connectivity index (χ0n) is 23.6. The first-order valence-corrected chi connectivity index (χ1v) is 13.6. The van der Waals surface area contributed by atoms with E-state index >= 15 is 0 Å². The number of amides is 2. The summed E-state index contributed by atoms with van der Waals surface area (Å²) >= 11 is 0. The largest absolute Gasteiger partial charge is 0.494 e. The Labute approximate surface area is 231 Å². The molecule has 3 aromatic carbocycles.